The highest BCUT2D eigenvalue weighted by atomic mass is 16.5. The van der Waals surface area contributed by atoms with Crippen molar-refractivity contribution in [2.45, 2.75) is 35.1 Å². The Morgan fingerprint density at radius 3 is 1.11 bits per heavy atom. The third kappa shape index (κ3) is 7.50. The number of hydrogen-bond donors (Lipinski definition) is 0. The van der Waals surface area contributed by atoms with Crippen LogP contribution in [0.5, 0.6) is 11.5 Å². The molecule has 18 heavy (non-hydrogen) atoms. The lowest BCUT2D eigenvalue weighted by molar-refractivity contribution is 0.482. The molecule has 1 nitrogen and oxygen atoms in total. The van der Waals surface area contributed by atoms with E-state index in [0.29, 0.717) is 0 Å². The number of para-hydroxylation sites is 2. The molecule has 0 bridgehead atoms. The molecule has 2 rings (SSSR count). The van der Waals surface area contributed by atoms with Gasteiger partial charge in [0, 0.05) is 0 Å². The predicted molar refractivity (Wildman–Crippen MR) is 82.4 cm³/mol. The molecular weight excluding hydrogens is 220 g/mol. The van der Waals surface area contributed by atoms with E-state index < -0.39 is 0 Å². The summed E-state index contributed by atoms with van der Waals surface area (Å²) < 4.78 is 5.58. The smallest absolute Gasteiger partial charge is 0.127 e. The van der Waals surface area contributed by atoms with Crippen LogP contribution < -0.4 is 4.74 Å². The van der Waals surface area contributed by atoms with Crippen LogP contribution in [0.3, 0.4) is 0 Å². The van der Waals surface area contributed by atoms with Gasteiger partial charge in [-0.15, -0.1) is 0 Å². The Morgan fingerprint density at radius 2 is 0.833 bits per heavy atom. The third-order valence-corrected chi connectivity index (χ3v) is 1.72. The average molecular weight is 246 g/mol. The molecule has 0 heterocycles. The lowest BCUT2D eigenvalue weighted by atomic mass is 10.3. The molecular formula is C17H26O. The minimum atomic E-state index is 0. The van der Waals surface area contributed by atoms with Crippen molar-refractivity contribution in [3.8, 4) is 11.5 Å². The maximum Gasteiger partial charge on any atom is 0.127 e. The minimum absolute atomic E-state index is 0. The summed E-state index contributed by atoms with van der Waals surface area (Å²) in [7, 11) is 0. The molecule has 0 aromatic heterocycles. The van der Waals surface area contributed by atoms with Gasteiger partial charge >= 0.3 is 0 Å². The van der Waals surface area contributed by atoms with Crippen LogP contribution in [0, 0.1) is 0 Å². The molecule has 0 radical (unpaired) electrons. The quantitative estimate of drug-likeness (QED) is 0.616. The van der Waals surface area contributed by atoms with Crippen molar-refractivity contribution in [1.82, 2.24) is 0 Å². The predicted octanol–water partition coefficient (Wildman–Crippen LogP) is 6.17. The monoisotopic (exact) mass is 246 g/mol. The third-order valence-electron chi connectivity index (χ3n) is 1.72. The fourth-order valence-corrected chi connectivity index (χ4v) is 1.11. The largest absolute Gasteiger partial charge is 0.457 e. The molecule has 0 saturated heterocycles. The van der Waals surface area contributed by atoms with E-state index in [1.807, 2.05) is 88.4 Å². The SMILES string of the molecule is C.CC.CC.c1ccc(Oc2ccccc2)cc1. The van der Waals surface area contributed by atoms with Crippen LogP contribution in [0.4, 0.5) is 0 Å². The normalized spacial score (nSPS) is 7.56. The molecule has 0 aliphatic carbocycles. The highest BCUT2D eigenvalue weighted by Crippen LogP contribution is 2.19. The van der Waals surface area contributed by atoms with Crippen molar-refractivity contribution in [1.29, 1.82) is 0 Å². The van der Waals surface area contributed by atoms with Gasteiger partial charge in [-0.3, -0.25) is 0 Å². The van der Waals surface area contributed by atoms with Gasteiger partial charge < -0.3 is 4.74 Å². The van der Waals surface area contributed by atoms with Crippen molar-refractivity contribution in [2.24, 2.45) is 0 Å². The summed E-state index contributed by atoms with van der Waals surface area (Å²) in [6.45, 7) is 8.00. The number of benzene rings is 2. The first-order valence-electron chi connectivity index (χ1n) is 6.23. The van der Waals surface area contributed by atoms with E-state index >= 15 is 0 Å². The van der Waals surface area contributed by atoms with Crippen molar-refractivity contribution in [2.75, 3.05) is 0 Å². The molecule has 2 aromatic carbocycles. The van der Waals surface area contributed by atoms with Crippen LogP contribution in [0.1, 0.15) is 35.1 Å². The lowest BCUT2D eigenvalue weighted by Gasteiger charge is -2.03. The summed E-state index contributed by atoms with van der Waals surface area (Å²) in [5.41, 5.74) is 0. The second kappa shape index (κ2) is 13.3. The molecule has 0 fully saturated rings. The van der Waals surface area contributed by atoms with Crippen LogP contribution >= 0.6 is 0 Å². The summed E-state index contributed by atoms with van der Waals surface area (Å²) in [4.78, 5) is 0. The second-order valence-corrected chi connectivity index (χ2v) is 2.73. The van der Waals surface area contributed by atoms with Gasteiger partial charge in [0.1, 0.15) is 11.5 Å². The topological polar surface area (TPSA) is 9.23 Å². The Bertz CT molecular complexity index is 316. The minimum Gasteiger partial charge on any atom is -0.457 e. The van der Waals surface area contributed by atoms with Crippen LogP contribution in [0.25, 0.3) is 0 Å². The summed E-state index contributed by atoms with van der Waals surface area (Å²) in [6.07, 6.45) is 0. The van der Waals surface area contributed by atoms with Gasteiger partial charge in [-0.2, -0.15) is 0 Å². The number of ether oxygens (including phenoxy) is 1. The van der Waals surface area contributed by atoms with Gasteiger partial charge in [0.2, 0.25) is 0 Å². The van der Waals surface area contributed by atoms with Crippen molar-refractivity contribution in [3.05, 3.63) is 60.7 Å². The molecule has 2 aromatic rings. The van der Waals surface area contributed by atoms with Gasteiger partial charge in [0.15, 0.2) is 0 Å². The first-order valence-corrected chi connectivity index (χ1v) is 6.23. The summed E-state index contributed by atoms with van der Waals surface area (Å²) in [6, 6.07) is 19.5. The van der Waals surface area contributed by atoms with E-state index in [1.165, 1.54) is 0 Å². The van der Waals surface area contributed by atoms with E-state index in [4.69, 9.17) is 4.74 Å². The van der Waals surface area contributed by atoms with E-state index in [1.54, 1.807) is 0 Å². The zero-order valence-corrected chi connectivity index (χ0v) is 11.2. The highest BCUT2D eigenvalue weighted by molar-refractivity contribution is 5.30. The van der Waals surface area contributed by atoms with E-state index in [-0.39, 0.29) is 7.43 Å². The van der Waals surface area contributed by atoms with Crippen LogP contribution in [-0.2, 0) is 0 Å². The molecule has 100 valence electrons. The molecule has 1 heteroatoms. The van der Waals surface area contributed by atoms with Gasteiger partial charge in [-0.05, 0) is 24.3 Å². The molecule has 0 amide bonds. The maximum absolute atomic E-state index is 5.58. The fraction of sp³-hybridized carbons (Fsp3) is 0.294. The second-order valence-electron chi connectivity index (χ2n) is 2.73. The highest BCUT2D eigenvalue weighted by Gasteiger charge is 1.92. The first kappa shape index (κ1) is 18.6. The van der Waals surface area contributed by atoms with Gasteiger partial charge in [-0.25, -0.2) is 0 Å². The molecule has 0 unspecified atom stereocenters. The van der Waals surface area contributed by atoms with Gasteiger partial charge in [0.25, 0.3) is 0 Å². The maximum atomic E-state index is 5.58. The van der Waals surface area contributed by atoms with Crippen molar-refractivity contribution < 1.29 is 4.74 Å². The van der Waals surface area contributed by atoms with Crippen molar-refractivity contribution in [3.63, 3.8) is 0 Å². The molecule has 0 aliphatic rings. The van der Waals surface area contributed by atoms with Crippen LogP contribution in [0.2, 0.25) is 0 Å². The van der Waals surface area contributed by atoms with Crippen molar-refractivity contribution >= 4 is 0 Å². The molecule has 0 aliphatic heterocycles. The van der Waals surface area contributed by atoms with E-state index in [0.717, 1.165) is 11.5 Å². The van der Waals surface area contributed by atoms with E-state index in [9.17, 15) is 0 Å². The molecule has 0 N–H and O–H groups in total. The first-order chi connectivity index (χ1) is 8.45. The number of hydrogen-bond acceptors (Lipinski definition) is 1. The number of rotatable bonds is 2. The summed E-state index contributed by atoms with van der Waals surface area (Å²) in [5.74, 6) is 1.74. The Morgan fingerprint density at radius 1 is 0.556 bits per heavy atom. The van der Waals surface area contributed by atoms with Gasteiger partial charge in [0.05, 0.1) is 0 Å². The Hall–Kier alpha value is -1.76. The molecule has 0 saturated carbocycles. The van der Waals surface area contributed by atoms with E-state index in [2.05, 4.69) is 0 Å². The standard InChI is InChI=1S/C12H10O.2C2H6.CH4/c1-3-7-11(8-4-1)13-12-9-5-2-6-10-12;2*1-2;/h1-10H;2*1-2H3;1H4. The summed E-state index contributed by atoms with van der Waals surface area (Å²) in [5, 5.41) is 0. The summed E-state index contributed by atoms with van der Waals surface area (Å²) >= 11 is 0. The Kier molecular flexibility index (Phi) is 13.7. The zero-order chi connectivity index (χ0) is 12.9. The Balaban J connectivity index is 0. The Labute approximate surface area is 112 Å². The van der Waals surface area contributed by atoms with Gasteiger partial charge in [-0.1, -0.05) is 71.5 Å². The fourth-order valence-electron chi connectivity index (χ4n) is 1.11. The van der Waals surface area contributed by atoms with Crippen LogP contribution in [-0.4, -0.2) is 0 Å². The lowest BCUT2D eigenvalue weighted by Crippen LogP contribution is -1.81. The zero-order valence-electron chi connectivity index (χ0n) is 11.2. The average Bonchev–Trinajstić information content (AvgIpc) is 2.45. The molecule has 0 atom stereocenters. The molecule has 0 spiro atoms. The van der Waals surface area contributed by atoms with Crippen LogP contribution in [0.15, 0.2) is 60.7 Å².